The van der Waals surface area contributed by atoms with Gasteiger partial charge in [-0.3, -0.25) is 9.58 Å². The summed E-state index contributed by atoms with van der Waals surface area (Å²) in [5.74, 6) is 0. The quantitative estimate of drug-likeness (QED) is 0.755. The van der Waals surface area contributed by atoms with Gasteiger partial charge < -0.3 is 15.3 Å². The summed E-state index contributed by atoms with van der Waals surface area (Å²) in [6, 6.07) is 0.163. The summed E-state index contributed by atoms with van der Waals surface area (Å²) in [5.41, 5.74) is 0.497. The Morgan fingerprint density at radius 3 is 2.79 bits per heavy atom. The average Bonchev–Trinajstić information content (AvgIpc) is 2.87. The van der Waals surface area contributed by atoms with Crippen molar-refractivity contribution in [3.05, 3.63) is 18.0 Å². The number of aromatic nitrogens is 2. The molecule has 2 rings (SSSR count). The van der Waals surface area contributed by atoms with Crippen LogP contribution in [0.5, 0.6) is 0 Å². The summed E-state index contributed by atoms with van der Waals surface area (Å²) in [5, 5.41) is 17.1. The maximum Gasteiger partial charge on any atom is 0.317 e. The molecule has 1 aromatic heterocycles. The molecule has 24 heavy (non-hydrogen) atoms. The minimum Gasteiger partial charge on any atom is -0.389 e. The molecule has 1 aliphatic rings. The van der Waals surface area contributed by atoms with Crippen LogP contribution in [-0.2, 0) is 13.5 Å². The van der Waals surface area contributed by atoms with Crippen LogP contribution in [0, 0.1) is 0 Å². The van der Waals surface area contributed by atoms with Crippen LogP contribution in [0.15, 0.2) is 12.4 Å². The van der Waals surface area contributed by atoms with Gasteiger partial charge in [-0.1, -0.05) is 0 Å². The number of β-amino-alcohol motifs (C(OH)–C–C–N with tert-alkyl or cyclic N) is 1. The maximum atomic E-state index is 12.3. The van der Waals surface area contributed by atoms with Gasteiger partial charge in [-0.15, -0.1) is 0 Å². The molecular weight excluding hydrogens is 306 g/mol. The van der Waals surface area contributed by atoms with E-state index in [1.165, 1.54) is 5.56 Å². The molecule has 2 amide bonds. The number of nitrogens with zero attached hydrogens (tertiary/aromatic N) is 4. The third kappa shape index (κ3) is 5.79. The van der Waals surface area contributed by atoms with Gasteiger partial charge in [-0.2, -0.15) is 5.10 Å². The monoisotopic (exact) mass is 337 g/mol. The Morgan fingerprint density at radius 2 is 2.21 bits per heavy atom. The summed E-state index contributed by atoms with van der Waals surface area (Å²) in [4.78, 5) is 16.5. The Labute approximate surface area is 144 Å². The van der Waals surface area contributed by atoms with Gasteiger partial charge in [0.25, 0.3) is 0 Å². The normalized spacial score (nSPS) is 19.5. The number of aryl methyl sites for hydroxylation is 2. The molecule has 0 saturated carbocycles. The van der Waals surface area contributed by atoms with Crippen LogP contribution >= 0.6 is 0 Å². The van der Waals surface area contributed by atoms with E-state index in [0.29, 0.717) is 19.6 Å². The van der Waals surface area contributed by atoms with Crippen LogP contribution in [0.3, 0.4) is 0 Å². The highest BCUT2D eigenvalue weighted by molar-refractivity contribution is 5.74. The third-order valence-corrected chi connectivity index (χ3v) is 4.26. The zero-order valence-electron chi connectivity index (χ0n) is 15.3. The first kappa shape index (κ1) is 18.7. The number of rotatable bonds is 6. The summed E-state index contributed by atoms with van der Waals surface area (Å²) in [6.07, 6.45) is 5.70. The van der Waals surface area contributed by atoms with Crippen molar-refractivity contribution in [1.29, 1.82) is 0 Å². The fraction of sp³-hybridized carbons (Fsp3) is 0.765. The number of piperazine rings is 1. The van der Waals surface area contributed by atoms with E-state index in [2.05, 4.69) is 22.2 Å². The average molecular weight is 337 g/mol. The van der Waals surface area contributed by atoms with E-state index in [-0.39, 0.29) is 12.1 Å². The smallest absolute Gasteiger partial charge is 0.317 e. The maximum absolute atomic E-state index is 12.3. The summed E-state index contributed by atoms with van der Waals surface area (Å²) < 4.78 is 1.79. The van der Waals surface area contributed by atoms with Gasteiger partial charge in [0.05, 0.1) is 11.8 Å². The molecule has 0 spiro atoms. The van der Waals surface area contributed by atoms with Crippen molar-refractivity contribution in [2.45, 2.75) is 45.3 Å². The highest BCUT2D eigenvalue weighted by Gasteiger charge is 2.29. The van der Waals surface area contributed by atoms with Crippen molar-refractivity contribution >= 4 is 6.03 Å². The fourth-order valence-corrected chi connectivity index (χ4v) is 3.22. The number of urea groups is 1. The summed E-state index contributed by atoms with van der Waals surface area (Å²) >= 11 is 0. The molecule has 1 fully saturated rings. The molecule has 1 atom stereocenters. The van der Waals surface area contributed by atoms with Crippen molar-refractivity contribution < 1.29 is 9.90 Å². The van der Waals surface area contributed by atoms with E-state index < -0.39 is 5.60 Å². The lowest BCUT2D eigenvalue weighted by Gasteiger charge is -2.41. The van der Waals surface area contributed by atoms with Crippen LogP contribution in [0.25, 0.3) is 0 Å². The second-order valence-electron chi connectivity index (χ2n) is 7.45. The highest BCUT2D eigenvalue weighted by atomic mass is 16.3. The van der Waals surface area contributed by atoms with E-state index in [1.54, 1.807) is 4.68 Å². The molecule has 7 heteroatoms. The number of carbonyl (C=O) groups excluding carboxylic acids is 1. The van der Waals surface area contributed by atoms with Crippen LogP contribution in [0.1, 0.15) is 32.8 Å². The van der Waals surface area contributed by atoms with Crippen molar-refractivity contribution in [1.82, 2.24) is 24.9 Å². The SMILES string of the molecule is C[C@H]1CN(CC(C)(C)O)CCN1C(=O)NCCCc1cnn(C)c1. The van der Waals surface area contributed by atoms with Gasteiger partial charge in [0.15, 0.2) is 0 Å². The van der Waals surface area contributed by atoms with Gasteiger partial charge in [0.1, 0.15) is 0 Å². The van der Waals surface area contributed by atoms with Gasteiger partial charge in [-0.05, 0) is 39.2 Å². The molecule has 136 valence electrons. The lowest BCUT2D eigenvalue weighted by Crippen LogP contribution is -2.58. The van der Waals surface area contributed by atoms with Crippen LogP contribution < -0.4 is 5.32 Å². The standard InChI is InChI=1S/C17H31N5O2/c1-14-11-21(13-17(2,3)24)8-9-22(14)16(23)18-7-5-6-15-10-19-20(4)12-15/h10,12,14,24H,5-9,11,13H2,1-4H3,(H,18,23)/t14-/m0/s1. The van der Waals surface area contributed by atoms with Crippen LogP contribution in [-0.4, -0.2) is 75.1 Å². The Hall–Kier alpha value is -1.60. The molecule has 1 aromatic rings. The molecule has 0 aromatic carbocycles. The third-order valence-electron chi connectivity index (χ3n) is 4.26. The Balaban J connectivity index is 1.69. The molecule has 7 nitrogen and oxygen atoms in total. The van der Waals surface area contributed by atoms with Crippen molar-refractivity contribution in [2.24, 2.45) is 7.05 Å². The van der Waals surface area contributed by atoms with Gasteiger partial charge in [-0.25, -0.2) is 4.79 Å². The van der Waals surface area contributed by atoms with Crippen molar-refractivity contribution in [3.63, 3.8) is 0 Å². The number of nitrogens with one attached hydrogen (secondary N) is 1. The predicted molar refractivity (Wildman–Crippen MR) is 93.8 cm³/mol. The van der Waals surface area contributed by atoms with E-state index in [4.69, 9.17) is 0 Å². The van der Waals surface area contributed by atoms with Crippen LogP contribution in [0.2, 0.25) is 0 Å². The first-order valence-electron chi connectivity index (χ1n) is 8.71. The van der Waals surface area contributed by atoms with E-state index >= 15 is 0 Å². The molecule has 0 radical (unpaired) electrons. The first-order valence-corrected chi connectivity index (χ1v) is 8.71. The van der Waals surface area contributed by atoms with Crippen molar-refractivity contribution in [3.8, 4) is 0 Å². The second-order valence-corrected chi connectivity index (χ2v) is 7.45. The zero-order chi connectivity index (χ0) is 17.7. The minimum atomic E-state index is -0.698. The Bertz CT molecular complexity index is 537. The molecule has 1 aliphatic heterocycles. The molecule has 0 unspecified atom stereocenters. The van der Waals surface area contributed by atoms with E-state index in [0.717, 1.165) is 25.9 Å². The lowest BCUT2D eigenvalue weighted by molar-refractivity contribution is 0.0119. The Morgan fingerprint density at radius 1 is 1.46 bits per heavy atom. The zero-order valence-corrected chi connectivity index (χ0v) is 15.3. The van der Waals surface area contributed by atoms with Gasteiger partial charge >= 0.3 is 6.03 Å². The predicted octanol–water partition coefficient (Wildman–Crippen LogP) is 0.839. The minimum absolute atomic E-state index is 0.0107. The lowest BCUT2D eigenvalue weighted by atomic mass is 10.1. The van der Waals surface area contributed by atoms with E-state index in [1.807, 2.05) is 38.2 Å². The van der Waals surface area contributed by atoms with E-state index in [9.17, 15) is 9.90 Å². The number of hydrogen-bond donors (Lipinski definition) is 2. The first-order chi connectivity index (χ1) is 11.2. The number of hydrogen-bond acceptors (Lipinski definition) is 4. The molecule has 2 heterocycles. The number of amides is 2. The Kier molecular flexibility index (Phi) is 6.23. The highest BCUT2D eigenvalue weighted by Crippen LogP contribution is 2.13. The fourth-order valence-electron chi connectivity index (χ4n) is 3.22. The summed E-state index contributed by atoms with van der Waals surface area (Å²) in [6.45, 7) is 9.31. The molecular formula is C17H31N5O2. The number of aliphatic hydroxyl groups is 1. The second kappa shape index (κ2) is 7.98. The molecule has 0 aliphatic carbocycles. The number of carbonyl (C=O) groups is 1. The topological polar surface area (TPSA) is 73.6 Å². The van der Waals surface area contributed by atoms with Gasteiger partial charge in [0, 0.05) is 52.0 Å². The molecule has 1 saturated heterocycles. The van der Waals surface area contributed by atoms with Gasteiger partial charge in [0.2, 0.25) is 0 Å². The van der Waals surface area contributed by atoms with Crippen LogP contribution in [0.4, 0.5) is 4.79 Å². The molecule has 0 bridgehead atoms. The summed E-state index contributed by atoms with van der Waals surface area (Å²) in [7, 11) is 1.91. The molecule has 2 N–H and O–H groups in total. The van der Waals surface area contributed by atoms with Crippen molar-refractivity contribution in [2.75, 3.05) is 32.7 Å². The largest absolute Gasteiger partial charge is 0.389 e.